The normalized spacial score (nSPS) is 16.1. The Bertz CT molecular complexity index is 3130. The molecule has 12 rings (SSSR count). The van der Waals surface area contributed by atoms with E-state index in [1.54, 1.807) is 0 Å². The molecular weight excluding hydrogens is 715 g/mol. The average molecular weight is 760 g/mol. The molecule has 3 aliphatic rings. The zero-order valence-electron chi connectivity index (χ0n) is 34.0. The quantitative estimate of drug-likeness (QED) is 0.178. The van der Waals surface area contributed by atoms with Crippen LogP contribution in [-0.4, -0.2) is 0 Å². The summed E-state index contributed by atoms with van der Waals surface area (Å²) >= 11 is 0. The van der Waals surface area contributed by atoms with Crippen molar-refractivity contribution in [1.82, 2.24) is 0 Å². The van der Waals surface area contributed by atoms with Crippen LogP contribution < -0.4 is 4.90 Å². The Morgan fingerprint density at radius 3 is 1.66 bits per heavy atom. The number of hydrogen-bond donors (Lipinski definition) is 0. The van der Waals surface area contributed by atoms with Crippen molar-refractivity contribution in [2.75, 3.05) is 4.90 Å². The largest absolute Gasteiger partial charge is 0.456 e. The Hall–Kier alpha value is -6.64. The zero-order chi connectivity index (χ0) is 39.7. The number of furan rings is 1. The maximum Gasteiger partial charge on any atom is 0.135 e. The monoisotopic (exact) mass is 759 g/mol. The Kier molecular flexibility index (Phi) is 7.11. The van der Waals surface area contributed by atoms with Gasteiger partial charge in [-0.2, -0.15) is 0 Å². The van der Waals surface area contributed by atoms with E-state index >= 15 is 0 Å². The van der Waals surface area contributed by atoms with E-state index in [-0.39, 0.29) is 10.8 Å². The van der Waals surface area contributed by atoms with Crippen LogP contribution in [0, 0.1) is 0 Å². The average Bonchev–Trinajstić information content (AvgIpc) is 3.89. The summed E-state index contributed by atoms with van der Waals surface area (Å²) in [6.45, 7) is 9.79. The minimum absolute atomic E-state index is 0.00755. The molecule has 2 heteroatoms. The van der Waals surface area contributed by atoms with Gasteiger partial charge in [0.25, 0.3) is 0 Å². The predicted molar refractivity (Wildman–Crippen MR) is 245 cm³/mol. The van der Waals surface area contributed by atoms with Gasteiger partial charge in [0.15, 0.2) is 0 Å². The smallest absolute Gasteiger partial charge is 0.135 e. The molecule has 0 unspecified atom stereocenters. The van der Waals surface area contributed by atoms with Gasteiger partial charge in [0, 0.05) is 27.7 Å². The van der Waals surface area contributed by atoms with Gasteiger partial charge in [-0.3, -0.25) is 0 Å². The fourth-order valence-corrected chi connectivity index (χ4v) is 11.3. The highest BCUT2D eigenvalue weighted by atomic mass is 16.3. The standard InChI is InChI=1S/C57H45NO/c1-55(2)31-32-56(3,4)54-42(23-16-27-49(54)55)44-34-43-40-21-10-14-26-48(40)57(46-24-12-8-19-38(46)39-20-9-13-25-47(39)57)50(43)35-51(44)58(36-17-6-5-7-18-36)37-29-30-53-45(33-37)41-22-11-15-28-52(41)59-53/h5-30,33-35H,31-32H2,1-4H3. The maximum atomic E-state index is 6.40. The van der Waals surface area contributed by atoms with Crippen molar-refractivity contribution < 1.29 is 4.42 Å². The van der Waals surface area contributed by atoms with E-state index in [9.17, 15) is 0 Å². The van der Waals surface area contributed by atoms with Gasteiger partial charge >= 0.3 is 0 Å². The summed E-state index contributed by atoms with van der Waals surface area (Å²) < 4.78 is 6.40. The third kappa shape index (κ3) is 4.69. The van der Waals surface area contributed by atoms with Crippen LogP contribution in [0.25, 0.3) is 55.3 Å². The number of nitrogens with zero attached hydrogens (tertiary/aromatic N) is 1. The fraction of sp³-hybridized carbons (Fsp3) is 0.158. The van der Waals surface area contributed by atoms with Crippen molar-refractivity contribution in [3.8, 4) is 33.4 Å². The first kappa shape index (κ1) is 34.4. The lowest BCUT2D eigenvalue weighted by atomic mass is 9.61. The van der Waals surface area contributed by atoms with Crippen molar-refractivity contribution in [1.29, 1.82) is 0 Å². The Morgan fingerprint density at radius 1 is 0.390 bits per heavy atom. The van der Waals surface area contributed by atoms with Crippen LogP contribution in [0.5, 0.6) is 0 Å². The van der Waals surface area contributed by atoms with Crippen molar-refractivity contribution in [3.63, 3.8) is 0 Å². The van der Waals surface area contributed by atoms with Crippen molar-refractivity contribution in [2.45, 2.75) is 56.8 Å². The molecule has 0 amide bonds. The molecule has 284 valence electrons. The second-order valence-electron chi connectivity index (χ2n) is 18.2. The van der Waals surface area contributed by atoms with E-state index in [4.69, 9.17) is 4.42 Å². The van der Waals surface area contributed by atoms with Crippen LogP contribution in [-0.2, 0) is 16.2 Å². The summed E-state index contributed by atoms with van der Waals surface area (Å²) in [5.74, 6) is 0. The fourth-order valence-electron chi connectivity index (χ4n) is 11.3. The summed E-state index contributed by atoms with van der Waals surface area (Å²) in [6.07, 6.45) is 2.30. The molecule has 0 saturated heterocycles. The van der Waals surface area contributed by atoms with Crippen molar-refractivity contribution >= 4 is 39.0 Å². The van der Waals surface area contributed by atoms with Crippen LogP contribution in [0.15, 0.2) is 180 Å². The first-order chi connectivity index (χ1) is 28.8. The predicted octanol–water partition coefficient (Wildman–Crippen LogP) is 15.4. The molecule has 0 bridgehead atoms. The van der Waals surface area contributed by atoms with E-state index in [0.29, 0.717) is 0 Å². The summed E-state index contributed by atoms with van der Waals surface area (Å²) in [6, 6.07) is 65.8. The highest BCUT2D eigenvalue weighted by Crippen LogP contribution is 2.64. The van der Waals surface area contributed by atoms with E-state index < -0.39 is 5.41 Å². The molecule has 0 N–H and O–H groups in total. The van der Waals surface area contributed by atoms with Gasteiger partial charge in [0.1, 0.15) is 11.2 Å². The molecule has 0 radical (unpaired) electrons. The number of rotatable bonds is 4. The Balaban J connectivity index is 1.24. The van der Waals surface area contributed by atoms with Gasteiger partial charge in [-0.15, -0.1) is 0 Å². The van der Waals surface area contributed by atoms with Gasteiger partial charge in [-0.05, 0) is 133 Å². The van der Waals surface area contributed by atoms with Gasteiger partial charge in [0.05, 0.1) is 11.1 Å². The molecule has 1 aromatic heterocycles. The number of anilines is 3. The lowest BCUT2D eigenvalue weighted by molar-refractivity contribution is 0.333. The number of hydrogen-bond acceptors (Lipinski definition) is 2. The van der Waals surface area contributed by atoms with Crippen LogP contribution in [0.2, 0.25) is 0 Å². The number of para-hydroxylation sites is 2. The molecule has 3 aliphatic carbocycles. The molecule has 9 aromatic rings. The lowest BCUT2D eigenvalue weighted by Gasteiger charge is -2.43. The number of benzene rings is 8. The van der Waals surface area contributed by atoms with Crippen LogP contribution >= 0.6 is 0 Å². The highest BCUT2D eigenvalue weighted by molar-refractivity contribution is 6.07. The molecular formula is C57H45NO. The van der Waals surface area contributed by atoms with E-state index in [2.05, 4.69) is 209 Å². The zero-order valence-corrected chi connectivity index (χ0v) is 34.0. The molecule has 1 spiro atoms. The summed E-state index contributed by atoms with van der Waals surface area (Å²) in [5, 5.41) is 2.24. The highest BCUT2D eigenvalue weighted by Gasteiger charge is 2.52. The van der Waals surface area contributed by atoms with Crippen LogP contribution in [0.3, 0.4) is 0 Å². The molecule has 59 heavy (non-hydrogen) atoms. The van der Waals surface area contributed by atoms with Gasteiger partial charge in [-0.1, -0.05) is 155 Å². The lowest BCUT2D eigenvalue weighted by Crippen LogP contribution is -2.34. The molecule has 2 nitrogen and oxygen atoms in total. The summed E-state index contributed by atoms with van der Waals surface area (Å²) in [7, 11) is 0. The topological polar surface area (TPSA) is 16.4 Å². The Labute approximate surface area is 346 Å². The second-order valence-corrected chi connectivity index (χ2v) is 18.2. The molecule has 0 atom stereocenters. The van der Waals surface area contributed by atoms with Gasteiger partial charge in [-0.25, -0.2) is 0 Å². The SMILES string of the molecule is CC1(C)CCC(C)(C)c2c(-c3cc4c(cc3N(c3ccccc3)c3ccc5oc6ccccc6c5c3)C3(c5ccccc5-c5ccccc53)c3ccccc3-4)cccc21. The van der Waals surface area contributed by atoms with E-state index in [1.165, 1.54) is 72.4 Å². The Morgan fingerprint density at radius 2 is 0.949 bits per heavy atom. The first-order valence-corrected chi connectivity index (χ1v) is 21.1. The minimum Gasteiger partial charge on any atom is -0.456 e. The van der Waals surface area contributed by atoms with Gasteiger partial charge < -0.3 is 9.32 Å². The first-order valence-electron chi connectivity index (χ1n) is 21.1. The third-order valence-electron chi connectivity index (χ3n) is 14.1. The molecule has 0 fully saturated rings. The minimum atomic E-state index is -0.475. The summed E-state index contributed by atoms with van der Waals surface area (Å²) in [5.41, 5.74) is 20.9. The van der Waals surface area contributed by atoms with Gasteiger partial charge in [0.2, 0.25) is 0 Å². The van der Waals surface area contributed by atoms with Crippen molar-refractivity contribution in [3.05, 3.63) is 209 Å². The second kappa shape index (κ2) is 12.2. The van der Waals surface area contributed by atoms with E-state index in [0.717, 1.165) is 46.2 Å². The van der Waals surface area contributed by atoms with Crippen molar-refractivity contribution in [2.24, 2.45) is 0 Å². The molecule has 0 saturated carbocycles. The molecule has 0 aliphatic heterocycles. The molecule has 1 heterocycles. The van der Waals surface area contributed by atoms with Crippen LogP contribution in [0.4, 0.5) is 17.1 Å². The van der Waals surface area contributed by atoms with E-state index in [1.807, 2.05) is 0 Å². The number of fused-ring (bicyclic) bond motifs is 14. The summed E-state index contributed by atoms with van der Waals surface area (Å²) in [4.78, 5) is 2.51. The third-order valence-corrected chi connectivity index (χ3v) is 14.1. The van der Waals surface area contributed by atoms with Crippen LogP contribution in [0.1, 0.15) is 73.9 Å². The molecule has 8 aromatic carbocycles. The maximum absolute atomic E-state index is 6.40.